The van der Waals surface area contributed by atoms with Crippen molar-refractivity contribution in [1.82, 2.24) is 24.5 Å². The zero-order valence-electron chi connectivity index (χ0n) is 23.1. The molecule has 0 aliphatic rings. The van der Waals surface area contributed by atoms with Crippen molar-refractivity contribution in [2.75, 3.05) is 0 Å². The van der Waals surface area contributed by atoms with E-state index in [1.807, 2.05) is 42.6 Å². The van der Waals surface area contributed by atoms with E-state index < -0.39 is 0 Å². The van der Waals surface area contributed by atoms with E-state index in [1.54, 1.807) is 36.3 Å². The van der Waals surface area contributed by atoms with Gasteiger partial charge in [0.2, 0.25) is 11.8 Å². The maximum Gasteiger partial charge on any atom is 0.226 e. The molecule has 7 nitrogen and oxygen atoms in total. The van der Waals surface area contributed by atoms with Crippen molar-refractivity contribution < 1.29 is 8.83 Å². The van der Waals surface area contributed by atoms with E-state index >= 15 is 0 Å². The van der Waals surface area contributed by atoms with Gasteiger partial charge < -0.3 is 13.4 Å². The normalized spacial score (nSPS) is 11.6. The molecule has 0 aliphatic heterocycles. The Balaban J connectivity index is 1.37. The molecule has 0 atom stereocenters. The van der Waals surface area contributed by atoms with Crippen molar-refractivity contribution in [3.05, 3.63) is 128 Å². The minimum Gasteiger partial charge on any atom is -0.445 e. The van der Waals surface area contributed by atoms with Crippen molar-refractivity contribution >= 4 is 43.4 Å². The third-order valence-electron chi connectivity index (χ3n) is 7.84. The van der Waals surface area contributed by atoms with Gasteiger partial charge in [0.25, 0.3) is 0 Å². The summed E-state index contributed by atoms with van der Waals surface area (Å²) >= 11 is 1.66. The van der Waals surface area contributed by atoms with Crippen LogP contribution >= 0.6 is 11.3 Å². The Morgan fingerprint density at radius 3 is 2.25 bits per heavy atom. The molecule has 0 saturated carbocycles. The third kappa shape index (κ3) is 3.96. The molecule has 8 heteroatoms. The summed E-state index contributed by atoms with van der Waals surface area (Å²) in [5.41, 5.74) is 8.77. The second kappa shape index (κ2) is 9.86. The van der Waals surface area contributed by atoms with E-state index in [1.165, 1.54) is 0 Å². The lowest BCUT2D eigenvalue weighted by atomic mass is 10.0. The number of pyridine rings is 1. The molecule has 0 radical (unpaired) electrons. The molecule has 0 aliphatic carbocycles. The van der Waals surface area contributed by atoms with Crippen molar-refractivity contribution in [3.8, 4) is 50.4 Å². The van der Waals surface area contributed by atoms with Crippen molar-refractivity contribution in [2.24, 2.45) is 0 Å². The summed E-state index contributed by atoms with van der Waals surface area (Å²) in [6.07, 6.45) is 8.36. The number of fused-ring (bicyclic) bond motifs is 4. The second-order valence-electron chi connectivity index (χ2n) is 10.4. The van der Waals surface area contributed by atoms with Gasteiger partial charge in [-0.15, -0.1) is 11.3 Å². The van der Waals surface area contributed by atoms with Crippen molar-refractivity contribution in [2.45, 2.75) is 0 Å². The van der Waals surface area contributed by atoms with Crippen LogP contribution in [-0.4, -0.2) is 24.5 Å². The molecular formula is C36H21N5O2S. The molecule has 0 unspecified atom stereocenters. The highest BCUT2D eigenvalue weighted by Crippen LogP contribution is 2.43. The summed E-state index contributed by atoms with van der Waals surface area (Å²) in [5, 5.41) is 3.01. The molecule has 0 N–H and O–H groups in total. The largest absolute Gasteiger partial charge is 0.445 e. The average Bonchev–Trinajstić information content (AvgIpc) is 3.90. The standard InChI is InChI=1S/C36H21N5O2S/c1-2-10-33-30(9-1)40-36(44-33)28-21-32-26(20-27(28)35-39-15-17-43-35)25-19-23(34-38-14-16-42-34)11-12-31(25)41(32)24-7-5-6-22(18-24)29-8-3-4-13-37-29/h1-21H. The quantitative estimate of drug-likeness (QED) is 0.199. The van der Waals surface area contributed by atoms with Gasteiger partial charge in [-0.1, -0.05) is 30.3 Å². The second-order valence-corrected chi connectivity index (χ2v) is 11.4. The topological polar surface area (TPSA) is 82.8 Å². The molecule has 208 valence electrons. The molecular weight excluding hydrogens is 566 g/mol. The monoisotopic (exact) mass is 587 g/mol. The van der Waals surface area contributed by atoms with Crippen LogP contribution in [0.1, 0.15) is 0 Å². The number of nitrogens with zero attached hydrogens (tertiary/aromatic N) is 5. The highest BCUT2D eigenvalue weighted by Gasteiger charge is 2.22. The van der Waals surface area contributed by atoms with Crippen molar-refractivity contribution in [3.63, 3.8) is 0 Å². The van der Waals surface area contributed by atoms with Gasteiger partial charge in [-0.25, -0.2) is 15.0 Å². The van der Waals surface area contributed by atoms with Gasteiger partial charge in [-0.05, 0) is 66.7 Å². The molecule has 0 fully saturated rings. The predicted octanol–water partition coefficient (Wildman–Crippen LogP) is 9.43. The van der Waals surface area contributed by atoms with Gasteiger partial charge >= 0.3 is 0 Å². The van der Waals surface area contributed by atoms with Crippen LogP contribution in [-0.2, 0) is 0 Å². The van der Waals surface area contributed by atoms with E-state index in [4.69, 9.17) is 13.8 Å². The number of para-hydroxylation sites is 1. The number of benzene rings is 4. The number of aromatic nitrogens is 5. The van der Waals surface area contributed by atoms with Crippen LogP contribution in [0.15, 0.2) is 137 Å². The van der Waals surface area contributed by atoms with E-state index in [0.717, 1.165) is 70.7 Å². The summed E-state index contributed by atoms with van der Waals surface area (Å²) < 4.78 is 15.0. The van der Waals surface area contributed by atoms with Crippen LogP contribution in [0, 0.1) is 0 Å². The number of oxazole rings is 2. The fourth-order valence-electron chi connectivity index (χ4n) is 5.88. The first-order chi connectivity index (χ1) is 21.8. The lowest BCUT2D eigenvalue weighted by Crippen LogP contribution is -1.96. The molecule has 0 spiro atoms. The minimum atomic E-state index is 0.545. The predicted molar refractivity (Wildman–Crippen MR) is 174 cm³/mol. The van der Waals surface area contributed by atoms with E-state index in [-0.39, 0.29) is 0 Å². The number of thiazole rings is 1. The Hall–Kier alpha value is -5.86. The van der Waals surface area contributed by atoms with Crippen LogP contribution in [0.5, 0.6) is 0 Å². The van der Waals surface area contributed by atoms with Crippen LogP contribution in [0.25, 0.3) is 82.4 Å². The summed E-state index contributed by atoms with van der Waals surface area (Å²) in [6.45, 7) is 0. The van der Waals surface area contributed by atoms with Gasteiger partial charge in [0, 0.05) is 44.9 Å². The Labute approximate surface area is 254 Å². The first kappa shape index (κ1) is 24.7. The molecule has 44 heavy (non-hydrogen) atoms. The SMILES string of the molecule is c1ccc(-c2cccc(-n3c4ccc(-c5ncco5)cc4c4cc(-c5ncco5)c(-c5nc6ccccc6s5)cc43)c2)nc1. The molecule has 9 aromatic rings. The lowest BCUT2D eigenvalue weighted by molar-refractivity contribution is 0.574. The van der Waals surface area contributed by atoms with Gasteiger partial charge in [0.1, 0.15) is 17.5 Å². The summed E-state index contributed by atoms with van der Waals surface area (Å²) in [7, 11) is 0. The maximum absolute atomic E-state index is 5.88. The minimum absolute atomic E-state index is 0.545. The summed E-state index contributed by atoms with van der Waals surface area (Å²) in [4.78, 5) is 18.6. The third-order valence-corrected chi connectivity index (χ3v) is 8.91. The Morgan fingerprint density at radius 2 is 1.43 bits per heavy atom. The zero-order valence-corrected chi connectivity index (χ0v) is 23.9. The van der Waals surface area contributed by atoms with E-state index in [0.29, 0.717) is 11.8 Å². The number of rotatable bonds is 5. The molecule has 5 aromatic heterocycles. The van der Waals surface area contributed by atoms with E-state index in [2.05, 4.69) is 80.2 Å². The van der Waals surface area contributed by atoms with E-state index in [9.17, 15) is 0 Å². The fourth-order valence-corrected chi connectivity index (χ4v) is 6.87. The highest BCUT2D eigenvalue weighted by atomic mass is 32.1. The van der Waals surface area contributed by atoms with Gasteiger partial charge in [-0.3, -0.25) is 4.98 Å². The fraction of sp³-hybridized carbons (Fsp3) is 0. The molecule has 0 saturated heterocycles. The zero-order chi connectivity index (χ0) is 29.0. The average molecular weight is 588 g/mol. The van der Waals surface area contributed by atoms with Gasteiger partial charge in [0.05, 0.1) is 39.3 Å². The molecule has 0 amide bonds. The molecule has 0 bridgehead atoms. The Morgan fingerprint density at radius 1 is 0.591 bits per heavy atom. The maximum atomic E-state index is 5.88. The van der Waals surface area contributed by atoms with Crippen LogP contribution in [0.2, 0.25) is 0 Å². The molecule has 5 heterocycles. The molecule has 9 rings (SSSR count). The van der Waals surface area contributed by atoms with Crippen LogP contribution in [0.4, 0.5) is 0 Å². The van der Waals surface area contributed by atoms with Crippen molar-refractivity contribution in [1.29, 1.82) is 0 Å². The summed E-state index contributed by atoms with van der Waals surface area (Å²) in [6, 6.07) is 33.4. The first-order valence-electron chi connectivity index (χ1n) is 14.1. The Kier molecular flexibility index (Phi) is 5.54. The highest BCUT2D eigenvalue weighted by molar-refractivity contribution is 7.21. The number of hydrogen-bond donors (Lipinski definition) is 0. The Bertz CT molecular complexity index is 2410. The first-order valence-corrected chi connectivity index (χ1v) is 14.9. The number of hydrogen-bond acceptors (Lipinski definition) is 7. The smallest absolute Gasteiger partial charge is 0.226 e. The lowest BCUT2D eigenvalue weighted by Gasteiger charge is -2.11. The summed E-state index contributed by atoms with van der Waals surface area (Å²) in [5.74, 6) is 1.12. The van der Waals surface area contributed by atoms with Crippen LogP contribution in [0.3, 0.4) is 0 Å². The van der Waals surface area contributed by atoms with Crippen LogP contribution < -0.4 is 0 Å². The van der Waals surface area contributed by atoms with Gasteiger partial charge in [0.15, 0.2) is 0 Å². The van der Waals surface area contributed by atoms with Gasteiger partial charge in [-0.2, -0.15) is 0 Å². The molecule has 4 aromatic carbocycles.